The van der Waals surface area contributed by atoms with Crippen LogP contribution in [0.1, 0.15) is 33.6 Å². The fourth-order valence-electron chi connectivity index (χ4n) is 2.03. The Hall–Kier alpha value is -3.71. The smallest absolute Gasteiger partial charge is 0.442 e. The van der Waals surface area contributed by atoms with Gasteiger partial charge in [0.25, 0.3) is 17.7 Å². The van der Waals surface area contributed by atoms with Gasteiger partial charge in [-0.05, 0) is 20.8 Å². The van der Waals surface area contributed by atoms with Crippen LogP contribution in [0.5, 0.6) is 0 Å². The number of hydrogen-bond acceptors (Lipinski definition) is 10. The minimum Gasteiger partial charge on any atom is -0.468 e. The molecule has 1 aliphatic rings. The molecule has 0 aromatic carbocycles. The Morgan fingerprint density at radius 2 is 1.58 bits per heavy atom. The lowest BCUT2D eigenvalue weighted by Gasteiger charge is -2.21. The second kappa shape index (κ2) is 10.9. The van der Waals surface area contributed by atoms with E-state index in [2.05, 4.69) is 20.2 Å². The second-order valence-corrected chi connectivity index (χ2v) is 7.13. The summed E-state index contributed by atoms with van der Waals surface area (Å²) in [6, 6.07) is 0. The Bertz CT molecular complexity index is 757. The molecule has 0 saturated carbocycles. The van der Waals surface area contributed by atoms with Gasteiger partial charge in [0, 0.05) is 12.8 Å². The van der Waals surface area contributed by atoms with Gasteiger partial charge in [-0.2, -0.15) is 0 Å². The summed E-state index contributed by atoms with van der Waals surface area (Å²) in [6.45, 7) is 2.70. The maximum absolute atomic E-state index is 12.3. The maximum Gasteiger partial charge on any atom is 0.442 e. The number of nitrogens with zero attached hydrogens (tertiary/aromatic N) is 2. The van der Waals surface area contributed by atoms with Gasteiger partial charge in [-0.3, -0.25) is 24.0 Å². The highest BCUT2D eigenvalue weighted by Gasteiger charge is 2.36. The van der Waals surface area contributed by atoms with Crippen molar-refractivity contribution in [2.24, 2.45) is 0 Å². The van der Waals surface area contributed by atoms with Crippen molar-refractivity contribution in [1.82, 2.24) is 20.6 Å². The maximum atomic E-state index is 12.3. The topological polar surface area (TPSA) is 178 Å². The Morgan fingerprint density at radius 1 is 1.00 bits per heavy atom. The van der Waals surface area contributed by atoms with Crippen LogP contribution in [0.4, 0.5) is 9.59 Å². The molecule has 0 spiro atoms. The highest BCUT2D eigenvalue weighted by molar-refractivity contribution is 6.03. The molecule has 0 aromatic rings. The Morgan fingerprint density at radius 3 is 2.10 bits per heavy atom. The minimum atomic E-state index is -1.49. The average molecular weight is 444 g/mol. The van der Waals surface area contributed by atoms with E-state index in [0.29, 0.717) is 0 Å². The molecule has 0 radical (unpaired) electrons. The summed E-state index contributed by atoms with van der Waals surface area (Å²) in [7, 11) is 1.01. The SMILES string of the molecule is COC(=O)CN(C(=O)CNC(=O)CNC(=O)OC(C)(C)C)C(=O)ON1C(=O)CCC1=O. The van der Waals surface area contributed by atoms with Gasteiger partial charge in [-0.25, -0.2) is 14.5 Å². The number of rotatable bonds is 7. The van der Waals surface area contributed by atoms with Crippen LogP contribution < -0.4 is 10.6 Å². The summed E-state index contributed by atoms with van der Waals surface area (Å²) in [5.41, 5.74) is -0.774. The standard InChI is InChI=1S/C17H24N4O10/c1-17(2,3)30-15(27)19-7-10(22)18-8-13(25)20(9-14(26)29-4)16(28)31-21-11(23)5-6-12(21)24/h5-9H2,1-4H3,(H,18,22)(H,19,27). The van der Waals surface area contributed by atoms with Crippen molar-refractivity contribution >= 4 is 41.8 Å². The van der Waals surface area contributed by atoms with E-state index < -0.39 is 67.0 Å². The third-order valence-corrected chi connectivity index (χ3v) is 3.44. The van der Waals surface area contributed by atoms with Crippen molar-refractivity contribution in [1.29, 1.82) is 0 Å². The predicted molar refractivity (Wildman–Crippen MR) is 98.5 cm³/mol. The third-order valence-electron chi connectivity index (χ3n) is 3.44. The first kappa shape index (κ1) is 25.3. The van der Waals surface area contributed by atoms with Crippen molar-refractivity contribution in [2.75, 3.05) is 26.7 Å². The highest BCUT2D eigenvalue weighted by atomic mass is 16.7. The van der Waals surface area contributed by atoms with Crippen LogP contribution >= 0.6 is 0 Å². The average Bonchev–Trinajstić information content (AvgIpc) is 2.98. The van der Waals surface area contributed by atoms with Crippen molar-refractivity contribution in [2.45, 2.75) is 39.2 Å². The van der Waals surface area contributed by atoms with Gasteiger partial charge in [0.05, 0.1) is 13.7 Å². The number of hydroxylamine groups is 2. The van der Waals surface area contributed by atoms with Gasteiger partial charge in [0.1, 0.15) is 18.7 Å². The van der Waals surface area contributed by atoms with Crippen molar-refractivity contribution in [3.05, 3.63) is 0 Å². The number of nitrogens with one attached hydrogen (secondary N) is 2. The molecular formula is C17H24N4O10. The van der Waals surface area contributed by atoms with Gasteiger partial charge < -0.3 is 24.9 Å². The fourth-order valence-corrected chi connectivity index (χ4v) is 2.03. The molecule has 1 aliphatic heterocycles. The normalized spacial score (nSPS) is 13.4. The summed E-state index contributed by atoms with van der Waals surface area (Å²) >= 11 is 0. The number of hydrogen-bond donors (Lipinski definition) is 2. The predicted octanol–water partition coefficient (Wildman–Crippen LogP) is -1.17. The summed E-state index contributed by atoms with van der Waals surface area (Å²) in [4.78, 5) is 87.3. The first-order valence-corrected chi connectivity index (χ1v) is 9.02. The van der Waals surface area contributed by atoms with E-state index in [0.717, 1.165) is 7.11 Å². The number of esters is 1. The van der Waals surface area contributed by atoms with E-state index in [4.69, 9.17) is 4.74 Å². The molecule has 31 heavy (non-hydrogen) atoms. The Balaban J connectivity index is 2.65. The first-order chi connectivity index (χ1) is 14.3. The number of methoxy groups -OCH3 is 1. The molecule has 14 nitrogen and oxygen atoms in total. The molecule has 2 N–H and O–H groups in total. The molecule has 0 aliphatic carbocycles. The number of imide groups is 2. The number of carbonyl (C=O) groups excluding carboxylic acids is 7. The van der Waals surface area contributed by atoms with E-state index >= 15 is 0 Å². The zero-order chi connectivity index (χ0) is 23.8. The molecule has 1 saturated heterocycles. The van der Waals surface area contributed by atoms with E-state index in [-0.39, 0.29) is 22.8 Å². The number of alkyl carbamates (subject to hydrolysis) is 1. The minimum absolute atomic E-state index is 0.169. The van der Waals surface area contributed by atoms with Crippen LogP contribution in [0.3, 0.4) is 0 Å². The lowest BCUT2D eigenvalue weighted by Crippen LogP contribution is -2.49. The van der Waals surface area contributed by atoms with E-state index in [1.807, 2.05) is 0 Å². The summed E-state index contributed by atoms with van der Waals surface area (Å²) in [5, 5.41) is 4.50. The van der Waals surface area contributed by atoms with E-state index in [9.17, 15) is 33.6 Å². The third kappa shape index (κ3) is 8.67. The molecule has 1 rings (SSSR count). The number of carbonyl (C=O) groups is 7. The van der Waals surface area contributed by atoms with Gasteiger partial charge >= 0.3 is 18.2 Å². The molecule has 14 heteroatoms. The molecule has 172 valence electrons. The lowest BCUT2D eigenvalue weighted by molar-refractivity contribution is -0.175. The molecule has 0 aromatic heterocycles. The van der Waals surface area contributed by atoms with E-state index in [1.165, 1.54) is 0 Å². The Labute approximate surface area is 177 Å². The largest absolute Gasteiger partial charge is 0.468 e. The Kier molecular flexibility index (Phi) is 8.90. The van der Waals surface area contributed by atoms with Crippen LogP contribution in [0.25, 0.3) is 0 Å². The quantitative estimate of drug-likeness (QED) is 0.359. The first-order valence-electron chi connectivity index (χ1n) is 9.02. The van der Waals surface area contributed by atoms with Gasteiger partial charge in [0.15, 0.2) is 0 Å². The van der Waals surface area contributed by atoms with Gasteiger partial charge in [-0.1, -0.05) is 0 Å². The van der Waals surface area contributed by atoms with Gasteiger partial charge in [0.2, 0.25) is 5.91 Å². The molecule has 1 heterocycles. The molecule has 1 fully saturated rings. The highest BCUT2D eigenvalue weighted by Crippen LogP contribution is 2.13. The molecule has 6 amide bonds. The monoisotopic (exact) mass is 444 g/mol. The van der Waals surface area contributed by atoms with Crippen molar-refractivity contribution < 1.29 is 47.9 Å². The molecule has 0 unspecified atom stereocenters. The van der Waals surface area contributed by atoms with E-state index in [1.54, 1.807) is 20.8 Å². The summed E-state index contributed by atoms with van der Waals surface area (Å²) in [5.74, 6) is -4.46. The summed E-state index contributed by atoms with van der Waals surface area (Å²) < 4.78 is 9.33. The van der Waals surface area contributed by atoms with Crippen LogP contribution in [-0.4, -0.2) is 84.1 Å². The van der Waals surface area contributed by atoms with Gasteiger partial charge in [-0.15, -0.1) is 5.06 Å². The molecule has 0 bridgehead atoms. The lowest BCUT2D eigenvalue weighted by atomic mass is 10.2. The van der Waals surface area contributed by atoms with Crippen LogP contribution in [0.15, 0.2) is 0 Å². The molecule has 0 atom stereocenters. The second-order valence-electron chi connectivity index (χ2n) is 7.13. The fraction of sp³-hybridized carbons (Fsp3) is 0.588. The zero-order valence-corrected chi connectivity index (χ0v) is 17.5. The van der Waals surface area contributed by atoms with Crippen LogP contribution in [-0.2, 0) is 38.3 Å². The van der Waals surface area contributed by atoms with Crippen LogP contribution in [0, 0.1) is 0 Å². The number of amides is 6. The van der Waals surface area contributed by atoms with Crippen LogP contribution in [0.2, 0.25) is 0 Å². The zero-order valence-electron chi connectivity index (χ0n) is 17.5. The van der Waals surface area contributed by atoms with Crippen molar-refractivity contribution in [3.8, 4) is 0 Å². The number of ether oxygens (including phenoxy) is 2. The molecular weight excluding hydrogens is 420 g/mol. The van der Waals surface area contributed by atoms with Crippen molar-refractivity contribution in [3.63, 3.8) is 0 Å². The summed E-state index contributed by atoms with van der Waals surface area (Å²) in [6.07, 6.45) is -2.68.